The number of methoxy groups -OCH3 is 1. The molecule has 0 spiro atoms. The van der Waals surface area contributed by atoms with Crippen LogP contribution in [-0.2, 0) is 22.1 Å². The van der Waals surface area contributed by atoms with Crippen LogP contribution in [0.1, 0.15) is 28.9 Å². The third-order valence-electron chi connectivity index (χ3n) is 2.41. The fourth-order valence-electron chi connectivity index (χ4n) is 1.50. The molecule has 19 heavy (non-hydrogen) atoms. The van der Waals surface area contributed by atoms with E-state index in [1.54, 1.807) is 0 Å². The number of alkyl halides is 5. The standard InChI is InChI=1S/C11H10F5NO2/c1-5-7(11(14,15)16)3-6(10(12)13)8(17-5)4-9(18)19-2/h3,10H,4H2,1-2H3. The van der Waals surface area contributed by atoms with Crippen LogP contribution in [0.15, 0.2) is 6.07 Å². The number of pyridine rings is 1. The number of nitrogens with zero attached hydrogens (tertiary/aromatic N) is 1. The first-order chi connectivity index (χ1) is 8.66. The van der Waals surface area contributed by atoms with Gasteiger partial charge in [0, 0.05) is 11.3 Å². The number of aromatic nitrogens is 1. The largest absolute Gasteiger partial charge is 0.469 e. The number of aryl methyl sites for hydroxylation is 1. The third-order valence-corrected chi connectivity index (χ3v) is 2.41. The van der Waals surface area contributed by atoms with Gasteiger partial charge in [-0.3, -0.25) is 9.78 Å². The molecule has 1 heterocycles. The monoisotopic (exact) mass is 283 g/mol. The molecule has 0 unspecified atom stereocenters. The van der Waals surface area contributed by atoms with Gasteiger partial charge in [-0.1, -0.05) is 0 Å². The molecule has 0 amide bonds. The van der Waals surface area contributed by atoms with Crippen molar-refractivity contribution in [3.63, 3.8) is 0 Å². The van der Waals surface area contributed by atoms with Crippen molar-refractivity contribution in [2.24, 2.45) is 0 Å². The Kier molecular flexibility index (Phi) is 4.43. The summed E-state index contributed by atoms with van der Waals surface area (Å²) in [6.07, 6.45) is -8.53. The van der Waals surface area contributed by atoms with Gasteiger partial charge in [0.05, 0.1) is 24.8 Å². The molecule has 1 aromatic heterocycles. The maximum atomic E-state index is 12.7. The summed E-state index contributed by atoms with van der Waals surface area (Å²) in [5.41, 5.74) is -3.03. The summed E-state index contributed by atoms with van der Waals surface area (Å²) in [5, 5.41) is 0. The van der Waals surface area contributed by atoms with Crippen molar-refractivity contribution in [2.45, 2.75) is 25.9 Å². The predicted molar refractivity (Wildman–Crippen MR) is 54.7 cm³/mol. The van der Waals surface area contributed by atoms with Crippen molar-refractivity contribution in [2.75, 3.05) is 7.11 Å². The summed E-state index contributed by atoms with van der Waals surface area (Å²) in [6.45, 7) is 1.04. The molecular weight excluding hydrogens is 273 g/mol. The van der Waals surface area contributed by atoms with Crippen LogP contribution in [0.4, 0.5) is 22.0 Å². The van der Waals surface area contributed by atoms with Gasteiger partial charge in [0.1, 0.15) is 0 Å². The van der Waals surface area contributed by atoms with Crippen molar-refractivity contribution in [3.05, 3.63) is 28.6 Å². The lowest BCUT2D eigenvalue weighted by Gasteiger charge is -2.14. The van der Waals surface area contributed by atoms with Gasteiger partial charge in [0.15, 0.2) is 0 Å². The predicted octanol–water partition coefficient (Wildman–Crippen LogP) is 3.06. The van der Waals surface area contributed by atoms with Crippen molar-refractivity contribution in [1.29, 1.82) is 0 Å². The number of rotatable bonds is 3. The zero-order valence-electron chi connectivity index (χ0n) is 10.0. The lowest BCUT2D eigenvalue weighted by molar-refractivity contribution is -0.139. The van der Waals surface area contributed by atoms with Crippen molar-refractivity contribution >= 4 is 5.97 Å². The van der Waals surface area contributed by atoms with Gasteiger partial charge < -0.3 is 4.74 Å². The van der Waals surface area contributed by atoms with Gasteiger partial charge >= 0.3 is 12.1 Å². The Balaban J connectivity index is 3.33. The highest BCUT2D eigenvalue weighted by atomic mass is 19.4. The van der Waals surface area contributed by atoms with Crippen LogP contribution in [0.2, 0.25) is 0 Å². The molecule has 0 fully saturated rings. The molecule has 0 aliphatic rings. The minimum atomic E-state index is -4.77. The maximum absolute atomic E-state index is 12.7. The van der Waals surface area contributed by atoms with E-state index in [0.717, 1.165) is 14.0 Å². The highest BCUT2D eigenvalue weighted by molar-refractivity contribution is 5.72. The van der Waals surface area contributed by atoms with Gasteiger partial charge in [0.2, 0.25) is 0 Å². The second-order valence-corrected chi connectivity index (χ2v) is 3.71. The average Bonchev–Trinajstić information content (AvgIpc) is 2.26. The van der Waals surface area contributed by atoms with E-state index in [1.807, 2.05) is 0 Å². The number of esters is 1. The quantitative estimate of drug-likeness (QED) is 0.632. The molecule has 106 valence electrons. The lowest BCUT2D eigenvalue weighted by Crippen LogP contribution is -2.15. The van der Waals surface area contributed by atoms with E-state index >= 15 is 0 Å². The van der Waals surface area contributed by atoms with Gasteiger partial charge in [0.25, 0.3) is 6.43 Å². The second kappa shape index (κ2) is 5.50. The van der Waals surface area contributed by atoms with Gasteiger partial charge in [-0.15, -0.1) is 0 Å². The van der Waals surface area contributed by atoms with Gasteiger partial charge in [-0.25, -0.2) is 8.78 Å². The topological polar surface area (TPSA) is 39.2 Å². The highest BCUT2D eigenvalue weighted by Crippen LogP contribution is 2.34. The normalized spacial score (nSPS) is 11.8. The molecule has 0 aromatic carbocycles. The maximum Gasteiger partial charge on any atom is 0.418 e. The third kappa shape index (κ3) is 3.62. The molecular formula is C11H10F5NO2. The van der Waals surface area contributed by atoms with Crippen LogP contribution in [0.3, 0.4) is 0 Å². The Bertz CT molecular complexity index is 485. The van der Waals surface area contributed by atoms with E-state index in [-0.39, 0.29) is 0 Å². The molecule has 1 rings (SSSR count). The highest BCUT2D eigenvalue weighted by Gasteiger charge is 2.35. The molecule has 0 atom stereocenters. The SMILES string of the molecule is COC(=O)Cc1nc(C)c(C(F)(F)F)cc1C(F)F. The molecule has 0 aliphatic carbocycles. The molecule has 0 N–H and O–H groups in total. The second-order valence-electron chi connectivity index (χ2n) is 3.71. The van der Waals surface area contributed by atoms with Crippen LogP contribution >= 0.6 is 0 Å². The van der Waals surface area contributed by atoms with Gasteiger partial charge in [-0.2, -0.15) is 13.2 Å². The van der Waals surface area contributed by atoms with E-state index in [0.29, 0.717) is 6.07 Å². The first-order valence-electron chi connectivity index (χ1n) is 5.09. The van der Waals surface area contributed by atoms with Crippen molar-refractivity contribution in [3.8, 4) is 0 Å². The molecule has 0 bridgehead atoms. The Morgan fingerprint density at radius 3 is 2.42 bits per heavy atom. The molecule has 0 saturated carbocycles. The summed E-state index contributed by atoms with van der Waals surface area (Å²) in [4.78, 5) is 14.5. The van der Waals surface area contributed by atoms with Crippen LogP contribution < -0.4 is 0 Å². The molecule has 0 aliphatic heterocycles. The Hall–Kier alpha value is -1.73. The summed E-state index contributed by atoms with van der Waals surface area (Å²) in [7, 11) is 1.04. The van der Waals surface area contributed by atoms with E-state index in [1.165, 1.54) is 0 Å². The molecule has 3 nitrogen and oxygen atoms in total. The first-order valence-corrected chi connectivity index (χ1v) is 5.09. The number of carbonyl (C=O) groups excluding carboxylic acids is 1. The first kappa shape index (κ1) is 15.3. The number of hydrogen-bond acceptors (Lipinski definition) is 3. The fraction of sp³-hybridized carbons (Fsp3) is 0.455. The zero-order chi connectivity index (χ0) is 14.8. The van der Waals surface area contributed by atoms with Crippen molar-refractivity contribution < 1.29 is 31.5 Å². The number of hydrogen-bond donors (Lipinski definition) is 0. The molecule has 1 aromatic rings. The molecule has 0 radical (unpaired) electrons. The Labute approximate surface area is 105 Å². The van der Waals surface area contributed by atoms with Gasteiger partial charge in [-0.05, 0) is 13.0 Å². The van der Waals surface area contributed by atoms with E-state index in [9.17, 15) is 26.7 Å². The minimum absolute atomic E-state index is 0.325. The number of carbonyl (C=O) groups is 1. The summed E-state index contributed by atoms with van der Waals surface area (Å²) in [5.74, 6) is -0.853. The molecule has 8 heteroatoms. The number of halogens is 5. The minimum Gasteiger partial charge on any atom is -0.469 e. The van der Waals surface area contributed by atoms with E-state index in [4.69, 9.17) is 0 Å². The average molecular weight is 283 g/mol. The molecule has 0 saturated heterocycles. The van der Waals surface area contributed by atoms with Crippen LogP contribution in [0.5, 0.6) is 0 Å². The summed E-state index contributed by atoms with van der Waals surface area (Å²) >= 11 is 0. The number of ether oxygens (including phenoxy) is 1. The Morgan fingerprint density at radius 1 is 1.42 bits per heavy atom. The Morgan fingerprint density at radius 2 is 2.00 bits per heavy atom. The summed E-state index contributed by atoms with van der Waals surface area (Å²) in [6, 6.07) is 0.325. The van der Waals surface area contributed by atoms with Crippen molar-refractivity contribution in [1.82, 2.24) is 4.98 Å². The lowest BCUT2D eigenvalue weighted by atomic mass is 10.1. The van der Waals surface area contributed by atoms with Crippen LogP contribution in [-0.4, -0.2) is 18.1 Å². The fourth-order valence-corrected chi connectivity index (χ4v) is 1.50. The van der Waals surface area contributed by atoms with E-state index in [2.05, 4.69) is 9.72 Å². The van der Waals surface area contributed by atoms with E-state index < -0.39 is 47.5 Å². The zero-order valence-corrected chi connectivity index (χ0v) is 10.0. The van der Waals surface area contributed by atoms with Crippen LogP contribution in [0.25, 0.3) is 0 Å². The summed E-state index contributed by atoms with van der Waals surface area (Å²) < 4.78 is 67.5. The smallest absolute Gasteiger partial charge is 0.418 e. The van der Waals surface area contributed by atoms with Crippen LogP contribution in [0, 0.1) is 6.92 Å².